The zero-order valence-corrected chi connectivity index (χ0v) is 11.1. The third-order valence-corrected chi connectivity index (χ3v) is 5.40. The average molecular weight is 227 g/mol. The molecule has 2 aliphatic rings. The van der Waals surface area contributed by atoms with Gasteiger partial charge in [-0.15, -0.1) is 0 Å². The van der Waals surface area contributed by atoms with Crippen LogP contribution in [-0.4, -0.2) is 23.6 Å². The van der Waals surface area contributed by atoms with E-state index in [0.29, 0.717) is 0 Å². The monoisotopic (exact) mass is 227 g/mol. The van der Waals surface area contributed by atoms with Crippen molar-refractivity contribution >= 4 is 11.8 Å². The van der Waals surface area contributed by atoms with E-state index in [1.165, 1.54) is 32.1 Å². The fourth-order valence-corrected chi connectivity index (χ4v) is 3.78. The van der Waals surface area contributed by atoms with Crippen molar-refractivity contribution in [3.05, 3.63) is 0 Å². The Hall–Kier alpha value is 0.310. The molecule has 0 aliphatic heterocycles. The molecule has 0 spiro atoms. The Morgan fingerprint density at radius 1 is 1.07 bits per heavy atom. The van der Waals surface area contributed by atoms with E-state index in [1.807, 2.05) is 0 Å². The normalized spacial score (nSPS) is 40.8. The number of hydrogen-bond acceptors (Lipinski definition) is 2. The third-order valence-electron chi connectivity index (χ3n) is 4.31. The van der Waals surface area contributed by atoms with Gasteiger partial charge in [0.25, 0.3) is 0 Å². The lowest BCUT2D eigenvalue weighted by Crippen LogP contribution is -2.46. The van der Waals surface area contributed by atoms with E-state index in [2.05, 4.69) is 37.2 Å². The minimum atomic E-state index is 0.834. The fraction of sp³-hybridized carbons (Fsp3) is 1.00. The molecule has 15 heavy (non-hydrogen) atoms. The van der Waals surface area contributed by atoms with E-state index in [4.69, 9.17) is 0 Å². The fourth-order valence-electron chi connectivity index (χ4n) is 2.98. The van der Waals surface area contributed by atoms with Gasteiger partial charge in [0.15, 0.2) is 0 Å². The summed E-state index contributed by atoms with van der Waals surface area (Å²) < 4.78 is 0. The van der Waals surface area contributed by atoms with Crippen LogP contribution in [0.15, 0.2) is 0 Å². The van der Waals surface area contributed by atoms with Gasteiger partial charge >= 0.3 is 0 Å². The summed E-state index contributed by atoms with van der Waals surface area (Å²) in [6.45, 7) is 4.72. The molecule has 2 aliphatic carbocycles. The van der Waals surface area contributed by atoms with E-state index in [0.717, 1.165) is 29.2 Å². The maximum absolute atomic E-state index is 3.85. The molecule has 2 unspecified atom stereocenters. The van der Waals surface area contributed by atoms with E-state index in [9.17, 15) is 0 Å². The molecule has 0 aromatic heterocycles. The standard InChI is InChI=1S/C13H25NS/c1-9(2)10-6-12(7-10)14-11-4-5-13(8-11)15-3/h9-14H,4-8H2,1-3H3. The lowest BCUT2D eigenvalue weighted by molar-refractivity contribution is 0.157. The van der Waals surface area contributed by atoms with Crippen molar-refractivity contribution in [1.82, 2.24) is 5.32 Å². The second kappa shape index (κ2) is 5.09. The third kappa shape index (κ3) is 2.91. The van der Waals surface area contributed by atoms with Gasteiger partial charge in [0.05, 0.1) is 0 Å². The van der Waals surface area contributed by atoms with Crippen LogP contribution in [0.4, 0.5) is 0 Å². The summed E-state index contributed by atoms with van der Waals surface area (Å²) in [4.78, 5) is 0. The average Bonchev–Trinajstić information content (AvgIpc) is 2.57. The molecule has 2 atom stereocenters. The summed E-state index contributed by atoms with van der Waals surface area (Å²) >= 11 is 2.05. The topological polar surface area (TPSA) is 12.0 Å². The molecule has 1 nitrogen and oxygen atoms in total. The molecule has 0 heterocycles. The highest BCUT2D eigenvalue weighted by Gasteiger charge is 2.34. The van der Waals surface area contributed by atoms with Crippen LogP contribution in [0.3, 0.4) is 0 Å². The summed E-state index contributed by atoms with van der Waals surface area (Å²) in [7, 11) is 0. The van der Waals surface area contributed by atoms with Crippen LogP contribution < -0.4 is 5.32 Å². The number of thioether (sulfide) groups is 1. The van der Waals surface area contributed by atoms with Crippen molar-refractivity contribution in [3.8, 4) is 0 Å². The van der Waals surface area contributed by atoms with Crippen LogP contribution in [-0.2, 0) is 0 Å². The molecule has 0 aromatic rings. The molecule has 0 radical (unpaired) electrons. The summed E-state index contributed by atoms with van der Waals surface area (Å²) in [6.07, 6.45) is 9.36. The van der Waals surface area contributed by atoms with Gasteiger partial charge in [0.2, 0.25) is 0 Å². The van der Waals surface area contributed by atoms with Crippen molar-refractivity contribution < 1.29 is 0 Å². The van der Waals surface area contributed by atoms with E-state index >= 15 is 0 Å². The first-order chi connectivity index (χ1) is 7.19. The minimum absolute atomic E-state index is 0.834. The van der Waals surface area contributed by atoms with Gasteiger partial charge in [-0.3, -0.25) is 0 Å². The SMILES string of the molecule is CSC1CCC(NC2CC(C(C)C)C2)C1. The Kier molecular flexibility index (Phi) is 4.00. The first-order valence-electron chi connectivity index (χ1n) is 6.48. The molecular weight excluding hydrogens is 202 g/mol. The van der Waals surface area contributed by atoms with Gasteiger partial charge < -0.3 is 5.32 Å². The van der Waals surface area contributed by atoms with Gasteiger partial charge in [0, 0.05) is 17.3 Å². The maximum atomic E-state index is 3.85. The van der Waals surface area contributed by atoms with E-state index < -0.39 is 0 Å². The molecule has 1 N–H and O–H groups in total. The van der Waals surface area contributed by atoms with Gasteiger partial charge in [-0.25, -0.2) is 0 Å². The largest absolute Gasteiger partial charge is 0.311 e. The zero-order chi connectivity index (χ0) is 10.8. The van der Waals surface area contributed by atoms with Crippen LogP contribution in [0.25, 0.3) is 0 Å². The van der Waals surface area contributed by atoms with Gasteiger partial charge in [0.1, 0.15) is 0 Å². The Labute approximate surface area is 98.8 Å². The van der Waals surface area contributed by atoms with E-state index in [-0.39, 0.29) is 0 Å². The molecular formula is C13H25NS. The van der Waals surface area contributed by atoms with Crippen LogP contribution >= 0.6 is 11.8 Å². The number of hydrogen-bond donors (Lipinski definition) is 1. The summed E-state index contributed by atoms with van der Waals surface area (Å²) in [5.74, 6) is 1.89. The maximum Gasteiger partial charge on any atom is 0.00805 e. The smallest absolute Gasteiger partial charge is 0.00805 e. The summed E-state index contributed by atoms with van der Waals surface area (Å²) in [5.41, 5.74) is 0. The first kappa shape index (κ1) is 11.8. The molecule has 2 fully saturated rings. The minimum Gasteiger partial charge on any atom is -0.311 e. The summed E-state index contributed by atoms with van der Waals surface area (Å²) in [6, 6.07) is 1.68. The molecule has 2 rings (SSSR count). The van der Waals surface area contributed by atoms with Crippen LogP contribution in [0.5, 0.6) is 0 Å². The van der Waals surface area contributed by atoms with Crippen molar-refractivity contribution in [1.29, 1.82) is 0 Å². The molecule has 2 heteroatoms. The van der Waals surface area contributed by atoms with Crippen molar-refractivity contribution in [2.45, 2.75) is 63.3 Å². The molecule has 0 amide bonds. The quantitative estimate of drug-likeness (QED) is 0.791. The van der Waals surface area contributed by atoms with Gasteiger partial charge in [-0.2, -0.15) is 11.8 Å². The second-order valence-electron chi connectivity index (χ2n) is 5.71. The van der Waals surface area contributed by atoms with Gasteiger partial charge in [-0.1, -0.05) is 13.8 Å². The lowest BCUT2D eigenvalue weighted by Gasteiger charge is -2.40. The Morgan fingerprint density at radius 3 is 2.33 bits per heavy atom. The lowest BCUT2D eigenvalue weighted by atomic mass is 9.73. The first-order valence-corrected chi connectivity index (χ1v) is 7.76. The van der Waals surface area contributed by atoms with Crippen LogP contribution in [0, 0.1) is 11.8 Å². The molecule has 0 saturated heterocycles. The number of rotatable bonds is 4. The molecule has 0 bridgehead atoms. The van der Waals surface area contributed by atoms with Crippen LogP contribution in [0.2, 0.25) is 0 Å². The Balaban J connectivity index is 1.64. The van der Waals surface area contributed by atoms with Crippen molar-refractivity contribution in [2.75, 3.05) is 6.26 Å². The highest BCUT2D eigenvalue weighted by Crippen LogP contribution is 2.36. The molecule has 0 aromatic carbocycles. The van der Waals surface area contributed by atoms with Crippen molar-refractivity contribution in [2.24, 2.45) is 11.8 Å². The predicted molar refractivity (Wildman–Crippen MR) is 69.4 cm³/mol. The van der Waals surface area contributed by atoms with Crippen LogP contribution in [0.1, 0.15) is 46.0 Å². The number of nitrogens with one attached hydrogen (secondary N) is 1. The van der Waals surface area contributed by atoms with E-state index in [1.54, 1.807) is 0 Å². The van der Waals surface area contributed by atoms with Gasteiger partial charge in [-0.05, 0) is 50.2 Å². The highest BCUT2D eigenvalue weighted by atomic mass is 32.2. The zero-order valence-electron chi connectivity index (χ0n) is 10.3. The summed E-state index contributed by atoms with van der Waals surface area (Å²) in [5, 5.41) is 4.78. The predicted octanol–water partition coefficient (Wildman–Crippen LogP) is 3.29. The second-order valence-corrected chi connectivity index (χ2v) is 6.84. The molecule has 88 valence electrons. The Bertz CT molecular complexity index is 199. The molecule has 2 saturated carbocycles. The Morgan fingerprint density at radius 2 is 1.80 bits per heavy atom. The highest BCUT2D eigenvalue weighted by molar-refractivity contribution is 7.99. The van der Waals surface area contributed by atoms with Crippen molar-refractivity contribution in [3.63, 3.8) is 0 Å².